The van der Waals surface area contributed by atoms with Crippen molar-refractivity contribution in [2.75, 3.05) is 13.1 Å². The summed E-state index contributed by atoms with van der Waals surface area (Å²) in [5, 5.41) is 0.955. The first-order chi connectivity index (χ1) is 10.6. The standard InChI is InChI=1S/C16H22N4OS/c1-4-19-9-7-17-15(19)13-6-5-8-20(10-13)16(21)14-11(2)18-12(3)22-14/h7,9,13H,4-6,8,10H2,1-3H3/t13-/m1/s1. The number of nitrogens with zero attached hydrogens (tertiary/aromatic N) is 4. The molecule has 1 atom stereocenters. The molecule has 1 aliphatic heterocycles. The van der Waals surface area contributed by atoms with Crippen LogP contribution in [-0.2, 0) is 6.54 Å². The molecule has 3 heterocycles. The summed E-state index contributed by atoms with van der Waals surface area (Å²) in [5.41, 5.74) is 0.852. The van der Waals surface area contributed by atoms with E-state index >= 15 is 0 Å². The summed E-state index contributed by atoms with van der Waals surface area (Å²) in [7, 11) is 0. The first-order valence-electron chi connectivity index (χ1n) is 7.84. The lowest BCUT2D eigenvalue weighted by Crippen LogP contribution is -2.39. The number of carbonyl (C=O) groups excluding carboxylic acids is 1. The van der Waals surface area contributed by atoms with Crippen LogP contribution in [0.4, 0.5) is 0 Å². The van der Waals surface area contributed by atoms with Crippen molar-refractivity contribution in [1.29, 1.82) is 0 Å². The monoisotopic (exact) mass is 318 g/mol. The van der Waals surface area contributed by atoms with Gasteiger partial charge in [0.05, 0.1) is 10.7 Å². The minimum absolute atomic E-state index is 0.127. The Bertz CT molecular complexity index is 675. The maximum absolute atomic E-state index is 12.8. The Morgan fingerprint density at radius 3 is 2.95 bits per heavy atom. The van der Waals surface area contributed by atoms with E-state index in [2.05, 4.69) is 21.5 Å². The van der Waals surface area contributed by atoms with Crippen LogP contribution in [0.15, 0.2) is 12.4 Å². The van der Waals surface area contributed by atoms with Crippen molar-refractivity contribution in [2.24, 2.45) is 0 Å². The second-order valence-corrected chi connectivity index (χ2v) is 7.01. The minimum atomic E-state index is 0.127. The van der Waals surface area contributed by atoms with Gasteiger partial charge in [-0.3, -0.25) is 4.79 Å². The van der Waals surface area contributed by atoms with Crippen LogP contribution in [0.5, 0.6) is 0 Å². The van der Waals surface area contributed by atoms with E-state index in [1.54, 1.807) is 0 Å². The number of thiazole rings is 1. The number of piperidine rings is 1. The number of carbonyl (C=O) groups is 1. The largest absolute Gasteiger partial charge is 0.337 e. The van der Waals surface area contributed by atoms with Crippen molar-refractivity contribution in [3.8, 4) is 0 Å². The number of imidazole rings is 1. The Balaban J connectivity index is 1.78. The van der Waals surface area contributed by atoms with Crippen molar-refractivity contribution in [3.05, 3.63) is 33.8 Å². The molecule has 22 heavy (non-hydrogen) atoms. The fourth-order valence-corrected chi connectivity index (χ4v) is 4.08. The van der Waals surface area contributed by atoms with Crippen LogP contribution in [0, 0.1) is 13.8 Å². The van der Waals surface area contributed by atoms with E-state index in [-0.39, 0.29) is 5.91 Å². The molecular weight excluding hydrogens is 296 g/mol. The quantitative estimate of drug-likeness (QED) is 0.874. The molecule has 118 valence electrons. The molecule has 0 aromatic carbocycles. The lowest BCUT2D eigenvalue weighted by atomic mass is 9.97. The van der Waals surface area contributed by atoms with Gasteiger partial charge in [0, 0.05) is 37.9 Å². The van der Waals surface area contributed by atoms with Crippen LogP contribution in [0.1, 0.15) is 51.9 Å². The van der Waals surface area contributed by atoms with Crippen molar-refractivity contribution in [3.63, 3.8) is 0 Å². The van der Waals surface area contributed by atoms with Gasteiger partial charge in [0.15, 0.2) is 0 Å². The van der Waals surface area contributed by atoms with Crippen LogP contribution in [0.25, 0.3) is 0 Å². The highest BCUT2D eigenvalue weighted by atomic mass is 32.1. The van der Waals surface area contributed by atoms with E-state index in [1.165, 1.54) is 11.3 Å². The van der Waals surface area contributed by atoms with E-state index in [0.717, 1.165) is 53.9 Å². The second kappa shape index (κ2) is 6.20. The Morgan fingerprint density at radius 2 is 2.27 bits per heavy atom. The lowest BCUT2D eigenvalue weighted by molar-refractivity contribution is 0.0707. The van der Waals surface area contributed by atoms with Gasteiger partial charge >= 0.3 is 0 Å². The minimum Gasteiger partial charge on any atom is -0.337 e. The van der Waals surface area contributed by atoms with Crippen molar-refractivity contribution in [1.82, 2.24) is 19.4 Å². The number of hydrogen-bond donors (Lipinski definition) is 0. The van der Waals surface area contributed by atoms with Gasteiger partial charge in [-0.05, 0) is 33.6 Å². The summed E-state index contributed by atoms with van der Waals surface area (Å²) in [6.45, 7) is 8.51. The summed E-state index contributed by atoms with van der Waals surface area (Å²) >= 11 is 1.50. The summed E-state index contributed by atoms with van der Waals surface area (Å²) in [5.74, 6) is 1.57. The van der Waals surface area contributed by atoms with Gasteiger partial charge in [-0.25, -0.2) is 9.97 Å². The van der Waals surface area contributed by atoms with Crippen LogP contribution < -0.4 is 0 Å². The summed E-state index contributed by atoms with van der Waals surface area (Å²) < 4.78 is 2.18. The van der Waals surface area contributed by atoms with Gasteiger partial charge < -0.3 is 9.47 Å². The number of aromatic nitrogens is 3. The zero-order chi connectivity index (χ0) is 15.7. The van der Waals surface area contributed by atoms with Gasteiger partial charge in [-0.1, -0.05) is 0 Å². The molecule has 0 aliphatic carbocycles. The van der Waals surface area contributed by atoms with Gasteiger partial charge in [-0.15, -0.1) is 11.3 Å². The number of amides is 1. The SMILES string of the molecule is CCn1ccnc1[C@@H]1CCCN(C(=O)c2sc(C)nc2C)C1. The number of hydrogen-bond acceptors (Lipinski definition) is 4. The molecule has 0 unspecified atom stereocenters. The zero-order valence-electron chi connectivity index (χ0n) is 13.4. The Kier molecular flexibility index (Phi) is 4.29. The highest BCUT2D eigenvalue weighted by Crippen LogP contribution is 2.28. The average molecular weight is 318 g/mol. The molecule has 0 bridgehead atoms. The highest BCUT2D eigenvalue weighted by molar-refractivity contribution is 7.13. The molecule has 6 heteroatoms. The fourth-order valence-electron chi connectivity index (χ4n) is 3.19. The molecule has 2 aromatic rings. The van der Waals surface area contributed by atoms with Crippen molar-refractivity contribution >= 4 is 17.2 Å². The smallest absolute Gasteiger partial charge is 0.265 e. The zero-order valence-corrected chi connectivity index (χ0v) is 14.2. The number of aryl methyl sites for hydroxylation is 3. The fraction of sp³-hybridized carbons (Fsp3) is 0.562. The van der Waals surface area contributed by atoms with Crippen molar-refractivity contribution in [2.45, 2.75) is 46.1 Å². The van der Waals surface area contributed by atoms with Gasteiger partial charge in [0.25, 0.3) is 5.91 Å². The van der Waals surface area contributed by atoms with Crippen LogP contribution in [0.2, 0.25) is 0 Å². The Labute approximate surface area is 135 Å². The number of likely N-dealkylation sites (tertiary alicyclic amines) is 1. The normalized spacial score (nSPS) is 18.7. The van der Waals surface area contributed by atoms with E-state index in [1.807, 2.05) is 31.1 Å². The van der Waals surface area contributed by atoms with E-state index < -0.39 is 0 Å². The van der Waals surface area contributed by atoms with Crippen molar-refractivity contribution < 1.29 is 4.79 Å². The van der Waals surface area contributed by atoms with Crippen LogP contribution in [0.3, 0.4) is 0 Å². The lowest BCUT2D eigenvalue weighted by Gasteiger charge is -2.32. The van der Waals surface area contributed by atoms with Gasteiger partial charge in [0.1, 0.15) is 10.7 Å². The van der Waals surface area contributed by atoms with Gasteiger partial charge in [-0.2, -0.15) is 0 Å². The maximum atomic E-state index is 12.8. The second-order valence-electron chi connectivity index (χ2n) is 5.81. The highest BCUT2D eigenvalue weighted by Gasteiger charge is 2.29. The summed E-state index contributed by atoms with van der Waals surface area (Å²) in [4.78, 5) is 24.4. The molecule has 2 aromatic heterocycles. The Morgan fingerprint density at radius 1 is 1.45 bits per heavy atom. The molecule has 3 rings (SSSR count). The van der Waals surface area contributed by atoms with Crippen LogP contribution in [-0.4, -0.2) is 38.4 Å². The predicted octanol–water partition coefficient (Wildman–Crippen LogP) is 3.00. The molecule has 1 aliphatic rings. The molecule has 1 amide bonds. The predicted molar refractivity (Wildman–Crippen MR) is 87.4 cm³/mol. The third-order valence-electron chi connectivity index (χ3n) is 4.26. The molecule has 5 nitrogen and oxygen atoms in total. The topological polar surface area (TPSA) is 51.0 Å². The molecule has 0 radical (unpaired) electrons. The number of rotatable bonds is 3. The molecule has 0 N–H and O–H groups in total. The molecule has 1 fully saturated rings. The summed E-state index contributed by atoms with van der Waals surface area (Å²) in [6.07, 6.45) is 6.01. The average Bonchev–Trinajstić information content (AvgIpc) is 3.12. The van der Waals surface area contributed by atoms with Crippen LogP contribution >= 0.6 is 11.3 Å². The first-order valence-corrected chi connectivity index (χ1v) is 8.66. The van der Waals surface area contributed by atoms with E-state index in [0.29, 0.717) is 5.92 Å². The first kappa shape index (κ1) is 15.2. The van der Waals surface area contributed by atoms with E-state index in [9.17, 15) is 4.79 Å². The molecular formula is C16H22N4OS. The third-order valence-corrected chi connectivity index (χ3v) is 5.32. The maximum Gasteiger partial charge on any atom is 0.265 e. The third kappa shape index (κ3) is 2.79. The molecule has 0 spiro atoms. The Hall–Kier alpha value is -1.69. The summed E-state index contributed by atoms with van der Waals surface area (Å²) in [6, 6.07) is 0. The van der Waals surface area contributed by atoms with Gasteiger partial charge in [0.2, 0.25) is 0 Å². The molecule has 0 saturated carbocycles. The molecule has 1 saturated heterocycles. The van der Waals surface area contributed by atoms with E-state index in [4.69, 9.17) is 0 Å².